The summed E-state index contributed by atoms with van der Waals surface area (Å²) >= 11 is 4.43. The van der Waals surface area contributed by atoms with Gasteiger partial charge in [0.15, 0.2) is 5.84 Å². The lowest BCUT2D eigenvalue weighted by Crippen LogP contribution is -2.24. The molecule has 0 aliphatic rings. The molecule has 1 aromatic rings. The van der Waals surface area contributed by atoms with Crippen LogP contribution >= 0.6 is 11.6 Å². The van der Waals surface area contributed by atoms with Crippen molar-refractivity contribution >= 4 is 29.1 Å². The summed E-state index contributed by atoms with van der Waals surface area (Å²) in [5, 5.41) is -1.06. The zero-order valence-electron chi connectivity index (χ0n) is 9.28. The van der Waals surface area contributed by atoms with Gasteiger partial charge in [0.05, 0.1) is 0 Å². The minimum atomic E-state index is -4.14. The molecule has 0 atom stereocenters. The molecule has 0 aromatic heterocycles. The third kappa shape index (κ3) is 3.30. The third-order valence-corrected chi connectivity index (χ3v) is 2.26. The highest BCUT2D eigenvalue weighted by Gasteiger charge is 2.38. The molecule has 4 N–H and O–H groups in total. The van der Waals surface area contributed by atoms with Crippen molar-refractivity contribution in [2.45, 2.75) is 12.3 Å². The number of rotatable bonds is 3. The van der Waals surface area contributed by atoms with Crippen LogP contribution in [0.4, 0.5) is 14.5 Å². The molecule has 1 rings (SSSR count). The molecule has 0 aliphatic heterocycles. The van der Waals surface area contributed by atoms with Gasteiger partial charge in [-0.2, -0.15) is 8.78 Å². The van der Waals surface area contributed by atoms with E-state index in [1.807, 2.05) is 0 Å². The Kier molecular flexibility index (Phi) is 4.07. The summed E-state index contributed by atoms with van der Waals surface area (Å²) in [7, 11) is 0. The van der Waals surface area contributed by atoms with Crippen molar-refractivity contribution in [2.75, 3.05) is 5.73 Å². The van der Waals surface area contributed by atoms with Crippen LogP contribution in [0.5, 0.6) is 0 Å². The van der Waals surface area contributed by atoms with Crippen LogP contribution in [-0.4, -0.2) is 17.2 Å². The highest BCUT2D eigenvalue weighted by atomic mass is 35.5. The van der Waals surface area contributed by atoms with Crippen molar-refractivity contribution in [3.63, 3.8) is 0 Å². The monoisotopic (exact) mass is 277 g/mol. The van der Waals surface area contributed by atoms with Gasteiger partial charge in [-0.05, 0) is 30.2 Å². The highest BCUT2D eigenvalue weighted by molar-refractivity contribution is 6.31. The van der Waals surface area contributed by atoms with Crippen molar-refractivity contribution < 1.29 is 18.4 Å². The summed E-state index contributed by atoms with van der Waals surface area (Å²) in [6, 6.07) is 4.78. The number of alkyl halides is 3. The molecule has 8 heteroatoms. The van der Waals surface area contributed by atoms with Gasteiger partial charge >= 0.3 is 11.4 Å². The first kappa shape index (κ1) is 14.2. The van der Waals surface area contributed by atoms with Crippen molar-refractivity contribution in [3.05, 3.63) is 29.3 Å². The predicted octanol–water partition coefficient (Wildman–Crippen LogP) is 1.57. The minimum Gasteiger partial charge on any atom is -0.398 e. The Bertz CT molecular complexity index is 500. The van der Waals surface area contributed by atoms with E-state index in [9.17, 15) is 13.6 Å². The predicted molar refractivity (Wildman–Crippen MR) is 63.2 cm³/mol. The first-order valence-corrected chi connectivity index (χ1v) is 5.08. The van der Waals surface area contributed by atoms with Crippen LogP contribution in [0, 0.1) is 6.92 Å². The van der Waals surface area contributed by atoms with Crippen LogP contribution in [0.2, 0.25) is 0 Å². The molecule has 0 heterocycles. The van der Waals surface area contributed by atoms with Gasteiger partial charge in [0.25, 0.3) is 0 Å². The normalized spacial score (nSPS) is 12.3. The third-order valence-electron chi connectivity index (χ3n) is 2.11. The highest BCUT2D eigenvalue weighted by Crippen LogP contribution is 2.20. The smallest absolute Gasteiger partial charge is 0.398 e. The van der Waals surface area contributed by atoms with Crippen molar-refractivity contribution in [1.29, 1.82) is 0 Å². The molecule has 0 bridgehead atoms. The number of benzene rings is 1. The van der Waals surface area contributed by atoms with Crippen molar-refractivity contribution in [3.8, 4) is 0 Å². The molecule has 0 spiro atoms. The lowest BCUT2D eigenvalue weighted by Gasteiger charge is -2.07. The Hall–Kier alpha value is -1.89. The van der Waals surface area contributed by atoms with Crippen LogP contribution < -0.4 is 11.5 Å². The second-order valence-corrected chi connectivity index (χ2v) is 3.85. The van der Waals surface area contributed by atoms with Gasteiger partial charge < -0.3 is 16.3 Å². The fraction of sp³-hybridized carbons (Fsp3) is 0.200. The fourth-order valence-corrected chi connectivity index (χ4v) is 1.16. The van der Waals surface area contributed by atoms with Gasteiger partial charge in [0.2, 0.25) is 0 Å². The summed E-state index contributed by atoms with van der Waals surface area (Å²) in [6.45, 7) is 1.66. The molecular weight excluding hydrogens is 268 g/mol. The van der Waals surface area contributed by atoms with E-state index in [1.165, 1.54) is 0 Å². The number of nitrogens with two attached hydrogens (primary N) is 2. The minimum absolute atomic E-state index is 0.255. The molecule has 5 nitrogen and oxygen atoms in total. The number of hydrogen-bond acceptors (Lipinski definition) is 4. The van der Waals surface area contributed by atoms with Gasteiger partial charge in [-0.1, -0.05) is 17.3 Å². The van der Waals surface area contributed by atoms with Crippen LogP contribution in [0.1, 0.15) is 11.1 Å². The number of hydrogen-bond donors (Lipinski definition) is 2. The molecule has 0 saturated carbocycles. The molecule has 1 aromatic carbocycles. The Morgan fingerprint density at radius 2 is 2.11 bits per heavy atom. The maximum Gasteiger partial charge on any atom is 0.420 e. The van der Waals surface area contributed by atoms with Gasteiger partial charge in [-0.15, -0.1) is 0 Å². The number of nitrogens with zero attached hydrogens (tertiary/aromatic N) is 1. The van der Waals surface area contributed by atoms with E-state index in [-0.39, 0.29) is 5.84 Å². The Labute approximate surface area is 106 Å². The molecule has 0 fully saturated rings. The van der Waals surface area contributed by atoms with Crippen LogP contribution in [0.25, 0.3) is 0 Å². The van der Waals surface area contributed by atoms with E-state index in [2.05, 4.69) is 21.6 Å². The molecule has 0 amide bonds. The largest absolute Gasteiger partial charge is 0.420 e. The van der Waals surface area contributed by atoms with E-state index in [0.717, 1.165) is 0 Å². The standard InChI is InChI=1S/C10H10ClF2N3O2/c1-5-6(3-2-4-7(5)14)8(15)16-18-9(17)10(11,12)13/h2-4H,14H2,1H3,(H2,15,16). The Balaban J connectivity index is 2.91. The fourth-order valence-electron chi connectivity index (χ4n) is 1.12. The van der Waals surface area contributed by atoms with E-state index >= 15 is 0 Å². The van der Waals surface area contributed by atoms with Crippen LogP contribution in [-0.2, 0) is 9.63 Å². The molecule has 98 valence electrons. The van der Waals surface area contributed by atoms with E-state index in [4.69, 9.17) is 11.5 Å². The van der Waals surface area contributed by atoms with Crippen molar-refractivity contribution in [2.24, 2.45) is 10.9 Å². The van der Waals surface area contributed by atoms with Crippen LogP contribution in [0.3, 0.4) is 0 Å². The first-order valence-electron chi connectivity index (χ1n) is 4.70. The topological polar surface area (TPSA) is 90.7 Å². The van der Waals surface area contributed by atoms with Gasteiger partial charge in [-0.3, -0.25) is 0 Å². The maximum absolute atomic E-state index is 12.3. The quantitative estimate of drug-likeness (QED) is 0.219. The molecule has 18 heavy (non-hydrogen) atoms. The van der Waals surface area contributed by atoms with E-state index in [1.54, 1.807) is 25.1 Å². The SMILES string of the molecule is Cc1c(N)cccc1/C(N)=N/OC(=O)C(F)(F)Cl. The average Bonchev–Trinajstić information content (AvgIpc) is 2.27. The number of anilines is 1. The summed E-state index contributed by atoms with van der Waals surface area (Å²) in [5.74, 6) is -2.26. The van der Waals surface area contributed by atoms with E-state index < -0.39 is 11.4 Å². The van der Waals surface area contributed by atoms with Gasteiger partial charge in [0.1, 0.15) is 0 Å². The number of oxime groups is 1. The molecular formula is C10H10ClF2N3O2. The molecule has 0 radical (unpaired) electrons. The zero-order valence-corrected chi connectivity index (χ0v) is 10.0. The summed E-state index contributed by atoms with van der Waals surface area (Å²) < 4.78 is 24.5. The van der Waals surface area contributed by atoms with Crippen LogP contribution in [0.15, 0.2) is 23.4 Å². The first-order chi connectivity index (χ1) is 8.23. The van der Waals surface area contributed by atoms with Crippen molar-refractivity contribution in [1.82, 2.24) is 0 Å². The number of nitrogen functional groups attached to an aromatic ring is 1. The molecule has 0 unspecified atom stereocenters. The number of carbonyl (C=O) groups is 1. The number of amidine groups is 1. The summed E-state index contributed by atoms with van der Waals surface area (Å²) in [6.07, 6.45) is 0. The van der Waals surface area contributed by atoms with Gasteiger partial charge in [-0.25, -0.2) is 4.79 Å². The van der Waals surface area contributed by atoms with Gasteiger partial charge in [0, 0.05) is 11.3 Å². The number of carbonyl (C=O) groups excluding carboxylic acids is 1. The Morgan fingerprint density at radius 3 is 2.67 bits per heavy atom. The zero-order chi connectivity index (χ0) is 13.9. The second-order valence-electron chi connectivity index (χ2n) is 3.37. The number of halogens is 3. The lowest BCUT2D eigenvalue weighted by atomic mass is 10.1. The Morgan fingerprint density at radius 1 is 1.50 bits per heavy atom. The molecule has 0 saturated heterocycles. The maximum atomic E-state index is 12.3. The van der Waals surface area contributed by atoms with E-state index in [0.29, 0.717) is 16.8 Å². The molecule has 0 aliphatic carbocycles. The lowest BCUT2D eigenvalue weighted by molar-refractivity contribution is -0.161. The average molecular weight is 278 g/mol. The second kappa shape index (κ2) is 5.18. The summed E-state index contributed by atoms with van der Waals surface area (Å²) in [4.78, 5) is 14.6. The summed E-state index contributed by atoms with van der Waals surface area (Å²) in [5.41, 5.74) is 12.5.